The second kappa shape index (κ2) is 5.05. The van der Waals surface area contributed by atoms with E-state index in [4.69, 9.17) is 0 Å². The Kier molecular flexibility index (Phi) is 3.25. The van der Waals surface area contributed by atoms with E-state index < -0.39 is 0 Å². The zero-order chi connectivity index (χ0) is 13.2. The topological polar surface area (TPSA) is 68.5 Å². The maximum absolute atomic E-state index is 4.38. The SMILES string of the molecule is Cc1nccc(CNC(C)c2nnc3n2CCC3)n1. The molecule has 1 unspecified atom stereocenters. The second-order valence-corrected chi connectivity index (χ2v) is 4.93. The molecule has 0 bridgehead atoms. The molecule has 100 valence electrons. The van der Waals surface area contributed by atoms with Crippen LogP contribution in [0.3, 0.4) is 0 Å². The van der Waals surface area contributed by atoms with Crippen molar-refractivity contribution in [2.75, 3.05) is 0 Å². The Hall–Kier alpha value is -1.82. The predicted molar refractivity (Wildman–Crippen MR) is 70.4 cm³/mol. The third-order valence-electron chi connectivity index (χ3n) is 3.45. The van der Waals surface area contributed by atoms with Crippen LogP contribution in [0.25, 0.3) is 0 Å². The van der Waals surface area contributed by atoms with E-state index in [-0.39, 0.29) is 6.04 Å². The van der Waals surface area contributed by atoms with Crippen LogP contribution in [0.1, 0.15) is 42.6 Å². The van der Waals surface area contributed by atoms with E-state index in [1.54, 1.807) is 6.20 Å². The van der Waals surface area contributed by atoms with Gasteiger partial charge in [-0.15, -0.1) is 10.2 Å². The van der Waals surface area contributed by atoms with Crippen molar-refractivity contribution in [2.24, 2.45) is 0 Å². The summed E-state index contributed by atoms with van der Waals surface area (Å²) in [5, 5.41) is 12.0. The minimum absolute atomic E-state index is 0.176. The quantitative estimate of drug-likeness (QED) is 0.891. The number of nitrogens with zero attached hydrogens (tertiary/aromatic N) is 5. The van der Waals surface area contributed by atoms with Gasteiger partial charge in [0, 0.05) is 25.7 Å². The summed E-state index contributed by atoms with van der Waals surface area (Å²) >= 11 is 0. The number of aromatic nitrogens is 5. The number of rotatable bonds is 4. The molecule has 0 radical (unpaired) electrons. The first-order valence-corrected chi connectivity index (χ1v) is 6.68. The molecule has 2 aromatic rings. The highest BCUT2D eigenvalue weighted by molar-refractivity contribution is 5.06. The maximum atomic E-state index is 4.38. The van der Waals surface area contributed by atoms with Crippen molar-refractivity contribution in [3.8, 4) is 0 Å². The fourth-order valence-electron chi connectivity index (χ4n) is 2.45. The van der Waals surface area contributed by atoms with Gasteiger partial charge in [0.05, 0.1) is 11.7 Å². The standard InChI is InChI=1S/C13H18N6/c1-9(13-18-17-12-4-3-7-19(12)13)15-8-11-5-6-14-10(2)16-11/h5-6,9,15H,3-4,7-8H2,1-2H3. The summed E-state index contributed by atoms with van der Waals surface area (Å²) in [6.45, 7) is 5.77. The van der Waals surface area contributed by atoms with Crippen LogP contribution < -0.4 is 5.32 Å². The third kappa shape index (κ3) is 2.49. The molecule has 0 aliphatic carbocycles. The van der Waals surface area contributed by atoms with Gasteiger partial charge in [0.1, 0.15) is 17.5 Å². The monoisotopic (exact) mass is 258 g/mol. The van der Waals surface area contributed by atoms with Gasteiger partial charge in [0.2, 0.25) is 0 Å². The Morgan fingerprint density at radius 3 is 3.16 bits per heavy atom. The van der Waals surface area contributed by atoms with Crippen LogP contribution in [0.4, 0.5) is 0 Å². The summed E-state index contributed by atoms with van der Waals surface area (Å²) in [5.41, 5.74) is 1.00. The largest absolute Gasteiger partial charge is 0.314 e. The Morgan fingerprint density at radius 2 is 2.32 bits per heavy atom. The molecule has 2 aromatic heterocycles. The Labute approximate surface area is 112 Å². The Balaban J connectivity index is 1.66. The van der Waals surface area contributed by atoms with Crippen molar-refractivity contribution in [2.45, 2.75) is 45.8 Å². The van der Waals surface area contributed by atoms with Gasteiger partial charge >= 0.3 is 0 Å². The molecule has 6 nitrogen and oxygen atoms in total. The van der Waals surface area contributed by atoms with E-state index in [1.807, 2.05) is 13.0 Å². The molecule has 1 aliphatic rings. The first-order chi connectivity index (χ1) is 9.24. The fraction of sp³-hybridized carbons (Fsp3) is 0.538. The summed E-state index contributed by atoms with van der Waals surface area (Å²) in [6, 6.07) is 2.11. The molecule has 0 fully saturated rings. The molecule has 1 aliphatic heterocycles. The summed E-state index contributed by atoms with van der Waals surface area (Å²) in [4.78, 5) is 8.48. The molecule has 19 heavy (non-hydrogen) atoms. The Bertz CT molecular complexity index is 576. The molecule has 6 heteroatoms. The Morgan fingerprint density at radius 1 is 1.42 bits per heavy atom. The second-order valence-electron chi connectivity index (χ2n) is 4.93. The molecule has 0 saturated carbocycles. The van der Waals surface area contributed by atoms with Gasteiger partial charge in [-0.1, -0.05) is 0 Å². The van der Waals surface area contributed by atoms with Gasteiger partial charge in [0.25, 0.3) is 0 Å². The summed E-state index contributed by atoms with van der Waals surface area (Å²) < 4.78 is 2.23. The number of fused-ring (bicyclic) bond motifs is 1. The molecule has 0 saturated heterocycles. The van der Waals surface area contributed by atoms with Gasteiger partial charge in [-0.05, 0) is 26.3 Å². The van der Waals surface area contributed by atoms with Crippen LogP contribution in [0, 0.1) is 6.92 Å². The van der Waals surface area contributed by atoms with Crippen molar-refractivity contribution in [1.82, 2.24) is 30.0 Å². The van der Waals surface area contributed by atoms with Crippen LogP contribution in [-0.4, -0.2) is 24.7 Å². The smallest absolute Gasteiger partial charge is 0.149 e. The van der Waals surface area contributed by atoms with Crippen LogP contribution in [-0.2, 0) is 19.5 Å². The molecule has 1 atom stereocenters. The summed E-state index contributed by atoms with van der Waals surface area (Å²) in [5.74, 6) is 2.94. The van der Waals surface area contributed by atoms with Crippen LogP contribution in [0.2, 0.25) is 0 Å². The van der Waals surface area contributed by atoms with E-state index in [0.717, 1.165) is 36.1 Å². The van der Waals surface area contributed by atoms with Gasteiger partial charge < -0.3 is 9.88 Å². The van der Waals surface area contributed by atoms with Gasteiger partial charge in [0.15, 0.2) is 0 Å². The third-order valence-corrected chi connectivity index (χ3v) is 3.45. The molecular weight excluding hydrogens is 240 g/mol. The lowest BCUT2D eigenvalue weighted by atomic mass is 10.3. The lowest BCUT2D eigenvalue weighted by molar-refractivity contribution is 0.511. The zero-order valence-electron chi connectivity index (χ0n) is 11.3. The lowest BCUT2D eigenvalue weighted by Crippen LogP contribution is -2.22. The van der Waals surface area contributed by atoms with E-state index in [1.165, 1.54) is 6.42 Å². The first-order valence-electron chi connectivity index (χ1n) is 6.68. The van der Waals surface area contributed by atoms with E-state index in [9.17, 15) is 0 Å². The van der Waals surface area contributed by atoms with Crippen LogP contribution in [0.5, 0.6) is 0 Å². The van der Waals surface area contributed by atoms with Gasteiger partial charge in [-0.3, -0.25) is 0 Å². The highest BCUT2D eigenvalue weighted by Crippen LogP contribution is 2.18. The summed E-state index contributed by atoms with van der Waals surface area (Å²) in [6.07, 6.45) is 4.01. The predicted octanol–water partition coefficient (Wildman–Crippen LogP) is 1.17. The number of aryl methyl sites for hydroxylation is 2. The molecule has 3 heterocycles. The highest BCUT2D eigenvalue weighted by atomic mass is 15.3. The number of nitrogens with one attached hydrogen (secondary N) is 1. The molecule has 1 N–H and O–H groups in total. The molecule has 3 rings (SSSR count). The van der Waals surface area contributed by atoms with Crippen LogP contribution in [0.15, 0.2) is 12.3 Å². The van der Waals surface area contributed by atoms with Crippen molar-refractivity contribution >= 4 is 0 Å². The van der Waals surface area contributed by atoms with Gasteiger partial charge in [-0.2, -0.15) is 0 Å². The average molecular weight is 258 g/mol. The van der Waals surface area contributed by atoms with E-state index in [2.05, 4.69) is 37.0 Å². The normalized spacial score (nSPS) is 15.5. The van der Waals surface area contributed by atoms with Crippen molar-refractivity contribution in [3.05, 3.63) is 35.4 Å². The molecule has 0 amide bonds. The lowest BCUT2D eigenvalue weighted by Gasteiger charge is -2.13. The minimum atomic E-state index is 0.176. The highest BCUT2D eigenvalue weighted by Gasteiger charge is 2.20. The number of hydrogen-bond acceptors (Lipinski definition) is 5. The minimum Gasteiger partial charge on any atom is -0.314 e. The first kappa shape index (κ1) is 12.2. The summed E-state index contributed by atoms with van der Waals surface area (Å²) in [7, 11) is 0. The number of hydrogen-bond donors (Lipinski definition) is 1. The molecular formula is C13H18N6. The van der Waals surface area contributed by atoms with Crippen molar-refractivity contribution in [3.63, 3.8) is 0 Å². The van der Waals surface area contributed by atoms with E-state index >= 15 is 0 Å². The fourth-order valence-corrected chi connectivity index (χ4v) is 2.45. The van der Waals surface area contributed by atoms with Gasteiger partial charge in [-0.25, -0.2) is 9.97 Å². The van der Waals surface area contributed by atoms with Crippen LogP contribution >= 0.6 is 0 Å². The van der Waals surface area contributed by atoms with Crippen molar-refractivity contribution in [1.29, 1.82) is 0 Å². The zero-order valence-corrected chi connectivity index (χ0v) is 11.3. The molecule has 0 aromatic carbocycles. The van der Waals surface area contributed by atoms with E-state index in [0.29, 0.717) is 6.54 Å². The molecule has 0 spiro atoms. The maximum Gasteiger partial charge on any atom is 0.149 e. The van der Waals surface area contributed by atoms with Crippen molar-refractivity contribution < 1.29 is 0 Å². The average Bonchev–Trinajstić information content (AvgIpc) is 2.98.